The first kappa shape index (κ1) is 14.6. The van der Waals surface area contributed by atoms with E-state index in [-0.39, 0.29) is 5.78 Å². The van der Waals surface area contributed by atoms with Crippen LogP contribution in [0.3, 0.4) is 0 Å². The van der Waals surface area contributed by atoms with Gasteiger partial charge < -0.3 is 9.47 Å². The molecule has 1 aliphatic carbocycles. The van der Waals surface area contributed by atoms with Crippen molar-refractivity contribution in [3.63, 3.8) is 0 Å². The molecule has 0 bridgehead atoms. The van der Waals surface area contributed by atoms with Gasteiger partial charge in [0.2, 0.25) is 0 Å². The number of benzene rings is 2. The van der Waals surface area contributed by atoms with Gasteiger partial charge in [-0.05, 0) is 48.9 Å². The van der Waals surface area contributed by atoms with Crippen molar-refractivity contribution in [3.05, 3.63) is 47.5 Å². The van der Waals surface area contributed by atoms with Gasteiger partial charge in [0, 0.05) is 11.1 Å². The normalized spacial score (nSPS) is 13.8. The third kappa shape index (κ3) is 2.71. The highest BCUT2D eigenvalue weighted by molar-refractivity contribution is 5.94. The molecule has 114 valence electrons. The van der Waals surface area contributed by atoms with Crippen LogP contribution >= 0.6 is 0 Å². The molecule has 1 aliphatic rings. The molecule has 2 aromatic rings. The van der Waals surface area contributed by atoms with E-state index in [1.165, 1.54) is 18.4 Å². The summed E-state index contributed by atoms with van der Waals surface area (Å²) in [5.74, 6) is 2.39. The quantitative estimate of drug-likeness (QED) is 0.765. The molecule has 0 aromatic heterocycles. The number of rotatable bonds is 5. The topological polar surface area (TPSA) is 35.5 Å². The van der Waals surface area contributed by atoms with Gasteiger partial charge in [-0.3, -0.25) is 4.79 Å². The van der Waals surface area contributed by atoms with Crippen molar-refractivity contribution in [1.82, 2.24) is 0 Å². The fraction of sp³-hybridized carbons (Fsp3) is 0.316. The highest BCUT2D eigenvalue weighted by atomic mass is 16.5. The smallest absolute Gasteiger partial charge is 0.159 e. The summed E-state index contributed by atoms with van der Waals surface area (Å²) in [6.07, 6.45) is 2.39. The SMILES string of the molecule is COc1cc(-c2ccc(C(C)=O)cc2)cc(OC)c1C1CC1. The predicted octanol–water partition coefficient (Wildman–Crippen LogP) is 4.45. The minimum atomic E-state index is 0.0748. The zero-order valence-corrected chi connectivity index (χ0v) is 13.2. The number of ether oxygens (including phenoxy) is 2. The molecular formula is C19H20O3. The largest absolute Gasteiger partial charge is 0.496 e. The van der Waals surface area contributed by atoms with Gasteiger partial charge in [-0.25, -0.2) is 0 Å². The third-order valence-electron chi connectivity index (χ3n) is 4.15. The van der Waals surface area contributed by atoms with Crippen LogP contribution in [0.2, 0.25) is 0 Å². The molecule has 0 N–H and O–H groups in total. The zero-order chi connectivity index (χ0) is 15.7. The number of carbonyl (C=O) groups is 1. The zero-order valence-electron chi connectivity index (χ0n) is 13.2. The maximum absolute atomic E-state index is 11.4. The summed E-state index contributed by atoms with van der Waals surface area (Å²) in [5.41, 5.74) is 3.98. The van der Waals surface area contributed by atoms with E-state index < -0.39 is 0 Å². The summed E-state index contributed by atoms with van der Waals surface area (Å²) in [6, 6.07) is 11.7. The maximum Gasteiger partial charge on any atom is 0.159 e. The lowest BCUT2D eigenvalue weighted by atomic mass is 9.98. The maximum atomic E-state index is 11.4. The minimum Gasteiger partial charge on any atom is -0.496 e. The van der Waals surface area contributed by atoms with Gasteiger partial charge in [-0.1, -0.05) is 24.3 Å². The molecule has 0 aliphatic heterocycles. The highest BCUT2D eigenvalue weighted by Gasteiger charge is 2.30. The summed E-state index contributed by atoms with van der Waals surface area (Å²) in [6.45, 7) is 1.57. The molecular weight excluding hydrogens is 276 g/mol. The van der Waals surface area contributed by atoms with Crippen LogP contribution in [0.25, 0.3) is 11.1 Å². The highest BCUT2D eigenvalue weighted by Crippen LogP contribution is 2.50. The first-order valence-corrected chi connectivity index (χ1v) is 7.51. The summed E-state index contributed by atoms with van der Waals surface area (Å²) in [5, 5.41) is 0. The van der Waals surface area contributed by atoms with Gasteiger partial charge in [-0.2, -0.15) is 0 Å². The van der Waals surface area contributed by atoms with Crippen LogP contribution in [0, 0.1) is 0 Å². The average Bonchev–Trinajstić information content (AvgIpc) is 3.38. The Morgan fingerprint density at radius 2 is 1.50 bits per heavy atom. The molecule has 0 heterocycles. The van der Waals surface area contributed by atoms with Crippen LogP contribution in [-0.2, 0) is 0 Å². The second kappa shape index (κ2) is 5.84. The van der Waals surface area contributed by atoms with Crippen LogP contribution in [-0.4, -0.2) is 20.0 Å². The van der Waals surface area contributed by atoms with E-state index in [4.69, 9.17) is 9.47 Å². The predicted molar refractivity (Wildman–Crippen MR) is 87.0 cm³/mol. The van der Waals surface area contributed by atoms with Crippen molar-refractivity contribution in [3.8, 4) is 22.6 Å². The van der Waals surface area contributed by atoms with Gasteiger partial charge in [0.1, 0.15) is 11.5 Å². The number of ketones is 1. The van der Waals surface area contributed by atoms with Crippen molar-refractivity contribution in [2.24, 2.45) is 0 Å². The Labute approximate surface area is 130 Å². The molecule has 0 amide bonds. The van der Waals surface area contributed by atoms with Gasteiger partial charge in [-0.15, -0.1) is 0 Å². The number of carbonyl (C=O) groups excluding carboxylic acids is 1. The van der Waals surface area contributed by atoms with E-state index in [9.17, 15) is 4.79 Å². The second-order valence-electron chi connectivity index (χ2n) is 5.70. The monoisotopic (exact) mass is 296 g/mol. The Hall–Kier alpha value is -2.29. The van der Waals surface area contributed by atoms with E-state index in [2.05, 4.69) is 12.1 Å². The van der Waals surface area contributed by atoms with E-state index in [1.54, 1.807) is 21.1 Å². The minimum absolute atomic E-state index is 0.0748. The number of Topliss-reactive ketones (excluding diaryl/α,β-unsaturated/α-hetero) is 1. The molecule has 0 radical (unpaired) electrons. The van der Waals surface area contributed by atoms with Gasteiger partial charge >= 0.3 is 0 Å². The number of hydrogen-bond acceptors (Lipinski definition) is 3. The average molecular weight is 296 g/mol. The van der Waals surface area contributed by atoms with Crippen LogP contribution in [0.4, 0.5) is 0 Å². The molecule has 1 fully saturated rings. The summed E-state index contributed by atoms with van der Waals surface area (Å²) in [7, 11) is 3.40. The molecule has 3 nitrogen and oxygen atoms in total. The Morgan fingerprint density at radius 1 is 0.955 bits per heavy atom. The van der Waals surface area contributed by atoms with E-state index in [1.807, 2.05) is 24.3 Å². The lowest BCUT2D eigenvalue weighted by molar-refractivity contribution is 0.101. The molecule has 3 heteroatoms. The third-order valence-corrected chi connectivity index (χ3v) is 4.15. The molecule has 3 rings (SSSR count). The Morgan fingerprint density at radius 3 is 1.91 bits per heavy atom. The van der Waals surface area contributed by atoms with Crippen LogP contribution in [0.5, 0.6) is 11.5 Å². The molecule has 0 unspecified atom stereocenters. The van der Waals surface area contributed by atoms with Gasteiger partial charge in [0.05, 0.1) is 14.2 Å². The van der Waals surface area contributed by atoms with Crippen molar-refractivity contribution in [2.75, 3.05) is 14.2 Å². The van der Waals surface area contributed by atoms with Gasteiger partial charge in [0.15, 0.2) is 5.78 Å². The van der Waals surface area contributed by atoms with E-state index >= 15 is 0 Å². The second-order valence-corrected chi connectivity index (χ2v) is 5.70. The van der Waals surface area contributed by atoms with Crippen molar-refractivity contribution in [2.45, 2.75) is 25.7 Å². The summed E-state index contributed by atoms with van der Waals surface area (Å²) < 4.78 is 11.2. The molecule has 22 heavy (non-hydrogen) atoms. The molecule has 1 saturated carbocycles. The van der Waals surface area contributed by atoms with Crippen LogP contribution in [0.15, 0.2) is 36.4 Å². The molecule has 0 spiro atoms. The van der Waals surface area contributed by atoms with E-state index in [0.717, 1.165) is 28.2 Å². The Balaban J connectivity index is 2.05. The molecule has 0 atom stereocenters. The number of methoxy groups -OCH3 is 2. The van der Waals surface area contributed by atoms with E-state index in [0.29, 0.717) is 5.92 Å². The van der Waals surface area contributed by atoms with Crippen molar-refractivity contribution in [1.29, 1.82) is 0 Å². The number of hydrogen-bond donors (Lipinski definition) is 0. The fourth-order valence-corrected chi connectivity index (χ4v) is 2.78. The molecule has 0 saturated heterocycles. The standard InChI is InChI=1S/C19H20O3/c1-12(20)13-4-6-14(7-5-13)16-10-17(21-2)19(15-8-9-15)18(11-16)22-3/h4-7,10-11,15H,8-9H2,1-3H3. The van der Waals surface area contributed by atoms with Crippen molar-refractivity contribution < 1.29 is 14.3 Å². The summed E-state index contributed by atoms with van der Waals surface area (Å²) in [4.78, 5) is 11.4. The van der Waals surface area contributed by atoms with Gasteiger partial charge in [0.25, 0.3) is 0 Å². The van der Waals surface area contributed by atoms with Crippen LogP contribution in [0.1, 0.15) is 41.6 Å². The Bertz CT molecular complexity index is 672. The molecule has 2 aromatic carbocycles. The Kier molecular flexibility index (Phi) is 3.88. The first-order valence-electron chi connectivity index (χ1n) is 7.51. The van der Waals surface area contributed by atoms with Crippen molar-refractivity contribution >= 4 is 5.78 Å². The van der Waals surface area contributed by atoms with Crippen LogP contribution < -0.4 is 9.47 Å². The summed E-state index contributed by atoms with van der Waals surface area (Å²) >= 11 is 0. The first-order chi connectivity index (χ1) is 10.6. The lowest BCUT2D eigenvalue weighted by Gasteiger charge is -2.15. The fourth-order valence-electron chi connectivity index (χ4n) is 2.78. The lowest BCUT2D eigenvalue weighted by Crippen LogP contribution is -1.97.